The second-order valence-corrected chi connectivity index (χ2v) is 19.6. The molecule has 4 rings (SSSR count). The predicted molar refractivity (Wildman–Crippen MR) is 258 cm³/mol. The molecule has 18 heteroatoms. The number of likely N-dealkylation sites (N-methyl/N-ethyl adjacent to an activating group) is 1. The molecule has 1 saturated carbocycles. The number of amides is 7. The molecule has 0 aromatic heterocycles. The first-order chi connectivity index (χ1) is 32.8. The first-order valence-electron chi connectivity index (χ1n) is 24.7. The zero-order chi connectivity index (χ0) is 50.9. The Kier molecular flexibility index (Phi) is 22.3. The third kappa shape index (κ3) is 15.9. The lowest BCUT2D eigenvalue weighted by atomic mass is 9.89. The monoisotopic (exact) mass is 969 g/mol. The molecule has 7 amide bonds. The number of carbonyl (C=O) groups excluding carboxylic acids is 7. The summed E-state index contributed by atoms with van der Waals surface area (Å²) >= 11 is 0. The normalized spacial score (nSPS) is 19.2. The molecule has 2 heterocycles. The van der Waals surface area contributed by atoms with Gasteiger partial charge in [-0.1, -0.05) is 71.4 Å². The summed E-state index contributed by atoms with van der Waals surface area (Å²) in [4.78, 5) is 96.8. The Morgan fingerprint density at radius 1 is 0.870 bits per heavy atom. The van der Waals surface area contributed by atoms with Crippen LogP contribution in [0.5, 0.6) is 0 Å². The molecule has 7 atom stereocenters. The van der Waals surface area contributed by atoms with Crippen molar-refractivity contribution in [2.75, 3.05) is 80.5 Å². The van der Waals surface area contributed by atoms with Gasteiger partial charge < -0.3 is 49.4 Å². The lowest BCUT2D eigenvalue weighted by Crippen LogP contribution is -2.62. The number of likely N-dealkylation sites (tertiary alicyclic amines) is 1. The first-order valence-corrected chi connectivity index (χ1v) is 24.7. The van der Waals surface area contributed by atoms with Gasteiger partial charge in [0.1, 0.15) is 11.6 Å². The number of nitrogens with zero attached hydrogens (tertiary/aromatic N) is 3. The highest BCUT2D eigenvalue weighted by Gasteiger charge is 2.46. The molecule has 6 unspecified atom stereocenters. The van der Waals surface area contributed by atoms with E-state index in [-0.39, 0.29) is 112 Å². The molecule has 1 saturated heterocycles. The number of ether oxygens (including phenoxy) is 5. The number of imide groups is 1. The van der Waals surface area contributed by atoms with Gasteiger partial charge in [-0.15, -0.1) is 0 Å². The predicted octanol–water partition coefficient (Wildman–Crippen LogP) is 3.16. The average molecular weight is 969 g/mol. The molecule has 0 spiro atoms. The molecule has 3 aliphatic rings. The van der Waals surface area contributed by atoms with Crippen molar-refractivity contribution in [3.8, 4) is 0 Å². The lowest BCUT2D eigenvalue weighted by Gasteiger charge is -2.41. The van der Waals surface area contributed by atoms with Crippen LogP contribution in [0, 0.1) is 17.8 Å². The van der Waals surface area contributed by atoms with E-state index in [1.54, 1.807) is 32.9 Å². The van der Waals surface area contributed by atoms with Gasteiger partial charge in [0, 0.05) is 58.3 Å². The molecule has 2 fully saturated rings. The van der Waals surface area contributed by atoms with Gasteiger partial charge in [-0.25, -0.2) is 0 Å². The van der Waals surface area contributed by atoms with Crippen molar-refractivity contribution in [1.82, 2.24) is 30.7 Å². The molecule has 2 aliphatic heterocycles. The number of methoxy groups -OCH3 is 2. The van der Waals surface area contributed by atoms with Crippen LogP contribution in [0.15, 0.2) is 42.5 Å². The fourth-order valence-corrected chi connectivity index (χ4v) is 9.27. The SMILES string of the molecule is CCC(C)C(C(CC(=O)N1CCC[C@H]1C(OC)C(C)C(=O)NCC1(c2ccccc2)CC1)OC)N(C)C(=O)C(NC(=O)C(C)(C)NC(=O)CCOCCOCCOCCN1C(=O)C=CC1=O)C(C)C. The summed E-state index contributed by atoms with van der Waals surface area (Å²) in [5.41, 5.74) is -0.191. The minimum Gasteiger partial charge on any atom is -0.379 e. The minimum absolute atomic E-state index is 0.00713. The Balaban J connectivity index is 1.26. The van der Waals surface area contributed by atoms with Crippen LogP contribution in [-0.2, 0) is 62.7 Å². The van der Waals surface area contributed by atoms with E-state index in [0.29, 0.717) is 25.9 Å². The van der Waals surface area contributed by atoms with Crippen LogP contribution in [0.2, 0.25) is 0 Å². The highest BCUT2D eigenvalue weighted by Crippen LogP contribution is 2.47. The van der Waals surface area contributed by atoms with Gasteiger partial charge in [0.2, 0.25) is 29.5 Å². The van der Waals surface area contributed by atoms with Crippen LogP contribution >= 0.6 is 0 Å². The maximum absolute atomic E-state index is 14.5. The second-order valence-electron chi connectivity index (χ2n) is 19.6. The molecule has 69 heavy (non-hydrogen) atoms. The molecular formula is C51H80N6O12. The summed E-state index contributed by atoms with van der Waals surface area (Å²) in [5, 5.41) is 8.84. The maximum atomic E-state index is 14.5. The van der Waals surface area contributed by atoms with E-state index in [1.807, 2.05) is 57.7 Å². The number of benzene rings is 1. The summed E-state index contributed by atoms with van der Waals surface area (Å²) in [5.74, 6) is -3.21. The van der Waals surface area contributed by atoms with Crippen molar-refractivity contribution in [1.29, 1.82) is 0 Å². The van der Waals surface area contributed by atoms with Gasteiger partial charge in [0.15, 0.2) is 0 Å². The van der Waals surface area contributed by atoms with Gasteiger partial charge in [0.05, 0.1) is 82.8 Å². The van der Waals surface area contributed by atoms with Crippen molar-refractivity contribution in [3.63, 3.8) is 0 Å². The van der Waals surface area contributed by atoms with Gasteiger partial charge in [-0.05, 0) is 56.9 Å². The van der Waals surface area contributed by atoms with Crippen molar-refractivity contribution >= 4 is 41.4 Å². The van der Waals surface area contributed by atoms with Gasteiger partial charge in [-0.2, -0.15) is 0 Å². The molecule has 1 aromatic carbocycles. The van der Waals surface area contributed by atoms with Crippen LogP contribution in [0.4, 0.5) is 0 Å². The van der Waals surface area contributed by atoms with Crippen molar-refractivity contribution in [2.45, 2.75) is 135 Å². The highest BCUT2D eigenvalue weighted by molar-refractivity contribution is 6.12. The number of carbonyl (C=O) groups is 7. The maximum Gasteiger partial charge on any atom is 0.253 e. The molecular weight excluding hydrogens is 889 g/mol. The zero-order valence-corrected chi connectivity index (χ0v) is 42.7. The Morgan fingerprint density at radius 2 is 1.48 bits per heavy atom. The largest absolute Gasteiger partial charge is 0.379 e. The van der Waals surface area contributed by atoms with Crippen LogP contribution in [0.1, 0.15) is 99.0 Å². The van der Waals surface area contributed by atoms with Gasteiger partial charge in [-0.3, -0.25) is 38.5 Å². The van der Waals surface area contributed by atoms with E-state index in [2.05, 4.69) is 28.1 Å². The van der Waals surface area contributed by atoms with Crippen LogP contribution < -0.4 is 16.0 Å². The molecule has 0 bridgehead atoms. The summed E-state index contributed by atoms with van der Waals surface area (Å²) in [6, 6.07) is 8.45. The highest BCUT2D eigenvalue weighted by atomic mass is 16.5. The third-order valence-corrected chi connectivity index (χ3v) is 13.9. The number of hydrogen-bond donors (Lipinski definition) is 3. The van der Waals surface area contributed by atoms with E-state index in [9.17, 15) is 33.6 Å². The minimum atomic E-state index is -1.37. The van der Waals surface area contributed by atoms with E-state index in [1.165, 1.54) is 24.8 Å². The third-order valence-electron chi connectivity index (χ3n) is 13.9. The van der Waals surface area contributed by atoms with Crippen molar-refractivity contribution < 1.29 is 57.2 Å². The smallest absolute Gasteiger partial charge is 0.253 e. The Hall–Kier alpha value is -4.75. The Morgan fingerprint density at radius 3 is 2.04 bits per heavy atom. The summed E-state index contributed by atoms with van der Waals surface area (Å²) in [7, 11) is 4.80. The van der Waals surface area contributed by atoms with Crippen LogP contribution in [0.3, 0.4) is 0 Å². The van der Waals surface area contributed by atoms with E-state index in [0.717, 1.165) is 24.2 Å². The summed E-state index contributed by atoms with van der Waals surface area (Å²) in [6.07, 6.45) is 5.38. The standard InChI is InChI=1S/C51H80N6O12/c1-11-35(4)45(39(65-9)32-43(61)56-24-15-18-38(56)46(66-10)36(5)47(62)52-33-51(22-23-51)37-16-13-12-14-17-37)55(8)48(63)44(34(2)3)53-49(64)50(6,7)54-40(58)21-26-67-28-30-69-31-29-68-27-25-57-41(59)19-20-42(57)60/h12-14,16-17,19-20,34-36,38-39,44-46H,11,15,18,21-33H2,1-10H3,(H,52,62)(H,53,64)(H,54,58)/t35?,36?,38-,39?,44?,45?,46?/m0/s1. The average Bonchev–Trinajstić information content (AvgIpc) is 3.85. The topological polar surface area (TPSA) is 211 Å². The van der Waals surface area contributed by atoms with Crippen LogP contribution in [-0.4, -0.2) is 172 Å². The lowest BCUT2D eigenvalue weighted by molar-refractivity contribution is -0.148. The summed E-state index contributed by atoms with van der Waals surface area (Å²) < 4.78 is 28.5. The molecule has 0 radical (unpaired) electrons. The number of hydrogen-bond acceptors (Lipinski definition) is 12. The molecule has 18 nitrogen and oxygen atoms in total. The Bertz CT molecular complexity index is 1890. The molecule has 3 N–H and O–H groups in total. The van der Waals surface area contributed by atoms with E-state index >= 15 is 0 Å². The van der Waals surface area contributed by atoms with Crippen LogP contribution in [0.25, 0.3) is 0 Å². The molecule has 1 aromatic rings. The van der Waals surface area contributed by atoms with Gasteiger partial charge >= 0.3 is 0 Å². The van der Waals surface area contributed by atoms with E-state index in [4.69, 9.17) is 23.7 Å². The first kappa shape index (κ1) is 56.8. The molecule has 386 valence electrons. The van der Waals surface area contributed by atoms with E-state index < -0.39 is 47.6 Å². The number of nitrogens with one attached hydrogen (secondary N) is 3. The second kappa shape index (κ2) is 27.0. The number of rotatable bonds is 31. The summed E-state index contributed by atoms with van der Waals surface area (Å²) in [6.45, 7) is 15.2. The van der Waals surface area contributed by atoms with Gasteiger partial charge in [0.25, 0.3) is 11.8 Å². The van der Waals surface area contributed by atoms with Crippen molar-refractivity contribution in [3.05, 3.63) is 48.0 Å². The zero-order valence-electron chi connectivity index (χ0n) is 42.7. The fourth-order valence-electron chi connectivity index (χ4n) is 9.27. The van der Waals surface area contributed by atoms with Crippen molar-refractivity contribution in [2.24, 2.45) is 17.8 Å². The Labute approximate surface area is 409 Å². The quantitative estimate of drug-likeness (QED) is 0.0724. The molecule has 1 aliphatic carbocycles. The fraction of sp³-hybridized carbons (Fsp3) is 0.706.